The van der Waals surface area contributed by atoms with E-state index in [0.29, 0.717) is 23.2 Å². The van der Waals surface area contributed by atoms with E-state index in [0.717, 1.165) is 6.54 Å². The Morgan fingerprint density at radius 1 is 1.44 bits per heavy atom. The first-order valence-corrected chi connectivity index (χ1v) is 5.69. The number of hydrogen-bond donors (Lipinski definition) is 1. The van der Waals surface area contributed by atoms with Crippen LogP contribution in [0, 0.1) is 5.82 Å². The van der Waals surface area contributed by atoms with Gasteiger partial charge >= 0.3 is 0 Å². The fourth-order valence-corrected chi connectivity index (χ4v) is 1.72. The lowest BCUT2D eigenvalue weighted by Gasteiger charge is -2.18. The highest BCUT2D eigenvalue weighted by Gasteiger charge is 2.06. The van der Waals surface area contributed by atoms with Crippen molar-refractivity contribution in [3.8, 4) is 0 Å². The normalized spacial score (nSPS) is 13.1. The zero-order chi connectivity index (χ0) is 12.1. The Kier molecular flexibility index (Phi) is 5.19. The Balaban J connectivity index is 2.48. The van der Waals surface area contributed by atoms with Crippen LogP contribution in [0.25, 0.3) is 0 Å². The van der Waals surface area contributed by atoms with Gasteiger partial charge in [0, 0.05) is 29.7 Å². The molecule has 0 aliphatic heterocycles. The number of nitrogens with one attached hydrogen (secondary N) is 1. The minimum absolute atomic E-state index is 0.253. The van der Waals surface area contributed by atoms with Gasteiger partial charge in [-0.25, -0.2) is 4.39 Å². The molecule has 0 aromatic heterocycles. The van der Waals surface area contributed by atoms with Crippen LogP contribution in [0.15, 0.2) is 18.2 Å². The Labute approximate surface area is 101 Å². The van der Waals surface area contributed by atoms with Crippen LogP contribution in [0.1, 0.15) is 12.5 Å². The Bertz CT molecular complexity index is 342. The van der Waals surface area contributed by atoms with Gasteiger partial charge in [0.1, 0.15) is 5.82 Å². The minimum atomic E-state index is -0.253. The fourth-order valence-electron chi connectivity index (χ4n) is 1.56. The van der Waals surface area contributed by atoms with Gasteiger partial charge in [0.25, 0.3) is 0 Å². The van der Waals surface area contributed by atoms with Gasteiger partial charge in [-0.05, 0) is 33.2 Å². The van der Waals surface area contributed by atoms with Gasteiger partial charge in [0.15, 0.2) is 0 Å². The number of rotatable bonds is 5. The first kappa shape index (κ1) is 13.4. The van der Waals surface area contributed by atoms with E-state index in [9.17, 15) is 4.39 Å². The second-order valence-corrected chi connectivity index (χ2v) is 4.72. The molecule has 1 unspecified atom stereocenters. The third-order valence-corrected chi connectivity index (χ3v) is 2.53. The number of nitrogens with zero attached hydrogens (tertiary/aromatic N) is 1. The molecule has 1 atom stereocenters. The maximum Gasteiger partial charge on any atom is 0.129 e. The summed E-state index contributed by atoms with van der Waals surface area (Å²) in [7, 11) is 4.03. The molecule has 0 heterocycles. The van der Waals surface area contributed by atoms with Crippen LogP contribution in [0.4, 0.5) is 4.39 Å². The molecule has 90 valence electrons. The van der Waals surface area contributed by atoms with Crippen molar-refractivity contribution in [2.45, 2.75) is 19.5 Å². The molecule has 0 radical (unpaired) electrons. The molecule has 1 N–H and O–H groups in total. The van der Waals surface area contributed by atoms with Gasteiger partial charge in [-0.3, -0.25) is 0 Å². The summed E-state index contributed by atoms with van der Waals surface area (Å²) < 4.78 is 13.4. The highest BCUT2D eigenvalue weighted by Crippen LogP contribution is 2.14. The Hall–Kier alpha value is -0.640. The van der Waals surface area contributed by atoms with Crippen LogP contribution in [0.3, 0.4) is 0 Å². The minimum Gasteiger partial charge on any atom is -0.309 e. The summed E-state index contributed by atoms with van der Waals surface area (Å²) in [5, 5.41) is 3.70. The van der Waals surface area contributed by atoms with Crippen molar-refractivity contribution in [2.24, 2.45) is 0 Å². The molecule has 1 aromatic rings. The van der Waals surface area contributed by atoms with Crippen molar-refractivity contribution >= 4 is 11.6 Å². The Morgan fingerprint density at radius 2 is 2.12 bits per heavy atom. The smallest absolute Gasteiger partial charge is 0.129 e. The number of likely N-dealkylation sites (N-methyl/N-ethyl adjacent to an activating group) is 1. The Morgan fingerprint density at radius 3 is 2.69 bits per heavy atom. The van der Waals surface area contributed by atoms with E-state index < -0.39 is 0 Å². The van der Waals surface area contributed by atoms with Crippen molar-refractivity contribution < 1.29 is 4.39 Å². The second-order valence-electron chi connectivity index (χ2n) is 4.28. The molecule has 0 aliphatic rings. The molecule has 16 heavy (non-hydrogen) atoms. The van der Waals surface area contributed by atoms with Crippen LogP contribution in [-0.4, -0.2) is 31.6 Å². The van der Waals surface area contributed by atoms with Crippen LogP contribution in [0.2, 0.25) is 5.02 Å². The van der Waals surface area contributed by atoms with Gasteiger partial charge < -0.3 is 10.2 Å². The van der Waals surface area contributed by atoms with Crippen LogP contribution < -0.4 is 5.32 Å². The zero-order valence-corrected chi connectivity index (χ0v) is 10.7. The number of hydrogen-bond acceptors (Lipinski definition) is 2. The van der Waals surface area contributed by atoms with E-state index in [4.69, 9.17) is 11.6 Å². The summed E-state index contributed by atoms with van der Waals surface area (Å²) in [6.45, 7) is 3.53. The molecule has 0 saturated carbocycles. The summed E-state index contributed by atoms with van der Waals surface area (Å²) in [5.41, 5.74) is 0.648. The first-order chi connectivity index (χ1) is 7.49. The highest BCUT2D eigenvalue weighted by molar-refractivity contribution is 6.30. The standard InChI is InChI=1S/C12H18ClFN2/c1-9(8-16(2)3)15-7-10-4-5-11(13)6-12(10)14/h4-6,9,15H,7-8H2,1-3H3. The topological polar surface area (TPSA) is 15.3 Å². The molecule has 1 rings (SSSR count). The molecule has 0 aliphatic carbocycles. The largest absolute Gasteiger partial charge is 0.309 e. The highest BCUT2D eigenvalue weighted by atomic mass is 35.5. The predicted molar refractivity (Wildman–Crippen MR) is 66.3 cm³/mol. The molecule has 4 heteroatoms. The van der Waals surface area contributed by atoms with Gasteiger partial charge in [-0.2, -0.15) is 0 Å². The van der Waals surface area contributed by atoms with E-state index in [-0.39, 0.29) is 5.82 Å². The van der Waals surface area contributed by atoms with E-state index in [1.807, 2.05) is 14.1 Å². The maximum absolute atomic E-state index is 13.4. The molecule has 2 nitrogen and oxygen atoms in total. The lowest BCUT2D eigenvalue weighted by atomic mass is 10.2. The van der Waals surface area contributed by atoms with Gasteiger partial charge in [0.05, 0.1) is 0 Å². The van der Waals surface area contributed by atoms with Crippen molar-refractivity contribution in [1.29, 1.82) is 0 Å². The van der Waals surface area contributed by atoms with Gasteiger partial charge in [-0.1, -0.05) is 17.7 Å². The molecule has 0 spiro atoms. The maximum atomic E-state index is 13.4. The second kappa shape index (κ2) is 6.18. The lowest BCUT2D eigenvalue weighted by Crippen LogP contribution is -2.35. The molecule has 0 bridgehead atoms. The number of halogens is 2. The third-order valence-electron chi connectivity index (χ3n) is 2.30. The lowest BCUT2D eigenvalue weighted by molar-refractivity contribution is 0.348. The van der Waals surface area contributed by atoms with E-state index in [2.05, 4.69) is 17.1 Å². The average Bonchev–Trinajstić information content (AvgIpc) is 2.15. The summed E-state index contributed by atoms with van der Waals surface area (Å²) >= 11 is 5.68. The van der Waals surface area contributed by atoms with Crippen molar-refractivity contribution in [1.82, 2.24) is 10.2 Å². The van der Waals surface area contributed by atoms with E-state index >= 15 is 0 Å². The SMILES string of the molecule is CC(CN(C)C)NCc1ccc(Cl)cc1F. The summed E-state index contributed by atoms with van der Waals surface area (Å²) in [5.74, 6) is -0.253. The molecular formula is C12H18ClFN2. The monoisotopic (exact) mass is 244 g/mol. The molecule has 1 aromatic carbocycles. The summed E-state index contributed by atoms with van der Waals surface area (Å²) in [6.07, 6.45) is 0. The molecular weight excluding hydrogens is 227 g/mol. The van der Waals surface area contributed by atoms with Crippen LogP contribution in [0.5, 0.6) is 0 Å². The van der Waals surface area contributed by atoms with E-state index in [1.165, 1.54) is 6.07 Å². The quantitative estimate of drug-likeness (QED) is 0.856. The molecule has 0 amide bonds. The summed E-state index contributed by atoms with van der Waals surface area (Å²) in [4.78, 5) is 2.09. The van der Waals surface area contributed by atoms with E-state index in [1.54, 1.807) is 12.1 Å². The van der Waals surface area contributed by atoms with Gasteiger partial charge in [0.2, 0.25) is 0 Å². The van der Waals surface area contributed by atoms with Crippen LogP contribution in [-0.2, 0) is 6.54 Å². The third kappa shape index (κ3) is 4.47. The predicted octanol–water partition coefficient (Wildman–Crippen LogP) is 2.52. The van der Waals surface area contributed by atoms with Crippen LogP contribution >= 0.6 is 11.6 Å². The molecule has 0 saturated heterocycles. The number of benzene rings is 1. The summed E-state index contributed by atoms with van der Waals surface area (Å²) in [6, 6.07) is 5.09. The molecule has 0 fully saturated rings. The van der Waals surface area contributed by atoms with Gasteiger partial charge in [-0.15, -0.1) is 0 Å². The van der Waals surface area contributed by atoms with Crippen molar-refractivity contribution in [2.75, 3.05) is 20.6 Å². The van der Waals surface area contributed by atoms with Crippen molar-refractivity contribution in [3.63, 3.8) is 0 Å². The first-order valence-electron chi connectivity index (χ1n) is 5.31. The zero-order valence-electron chi connectivity index (χ0n) is 9.93. The fraction of sp³-hybridized carbons (Fsp3) is 0.500. The average molecular weight is 245 g/mol. The van der Waals surface area contributed by atoms with Crippen molar-refractivity contribution in [3.05, 3.63) is 34.6 Å².